The van der Waals surface area contributed by atoms with Gasteiger partial charge < -0.3 is 20.6 Å². The molecule has 194 valence electrons. The number of thiophene rings is 1. The molecule has 0 radical (unpaired) electrons. The number of carboxylic acids is 1. The van der Waals surface area contributed by atoms with Gasteiger partial charge in [-0.3, -0.25) is 14.4 Å². The Labute approximate surface area is 214 Å². The monoisotopic (exact) mass is 534 g/mol. The Morgan fingerprint density at radius 1 is 1.19 bits per heavy atom. The summed E-state index contributed by atoms with van der Waals surface area (Å²) in [6.45, 7) is 2.90. The van der Waals surface area contributed by atoms with Gasteiger partial charge in [-0.05, 0) is 56.5 Å². The summed E-state index contributed by atoms with van der Waals surface area (Å²) in [4.78, 5) is 40.3. The molecule has 3 heterocycles. The second-order valence-corrected chi connectivity index (χ2v) is 11.9. The summed E-state index contributed by atoms with van der Waals surface area (Å²) in [7, 11) is -4.08. The van der Waals surface area contributed by atoms with Crippen molar-refractivity contribution in [1.29, 1.82) is 0 Å². The smallest absolute Gasteiger partial charge is 0.323 e. The van der Waals surface area contributed by atoms with Crippen LogP contribution in [-0.2, 0) is 21.2 Å². The number of amides is 2. The van der Waals surface area contributed by atoms with E-state index in [4.69, 9.17) is 0 Å². The van der Waals surface area contributed by atoms with E-state index in [1.807, 2.05) is 4.90 Å². The predicted octanol–water partition coefficient (Wildman–Crippen LogP) is 1.30. The molecule has 2 aromatic rings. The van der Waals surface area contributed by atoms with Crippen LogP contribution in [0, 0.1) is 5.92 Å². The van der Waals surface area contributed by atoms with E-state index >= 15 is 0 Å². The molecule has 4 N–H and O–H groups in total. The molecule has 36 heavy (non-hydrogen) atoms. The summed E-state index contributed by atoms with van der Waals surface area (Å²) >= 11 is 1.21. The number of benzene rings is 1. The summed E-state index contributed by atoms with van der Waals surface area (Å²) in [5.41, 5.74) is 0.515. The topological polar surface area (TPSA) is 145 Å². The Balaban J connectivity index is 1.35. The van der Waals surface area contributed by atoms with Crippen molar-refractivity contribution in [2.45, 2.75) is 36.6 Å². The van der Waals surface area contributed by atoms with Crippen molar-refractivity contribution in [1.82, 2.24) is 20.3 Å². The number of fused-ring (bicyclic) bond motifs is 1. The standard InChI is InChI=1S/C24H30N4O6S2/c29-22(26-15-19(24(31)32)27-36(33,34)17-4-2-1-3-5-17)21-14-18-20(35-21)9-13-28(23(18)30)12-8-16-6-10-25-11-7-16/h1-5,14,16,19,25,27H,6-13,15H2,(H,26,29)(H,31,32)/t19-/m1/s1. The largest absolute Gasteiger partial charge is 0.480 e. The van der Waals surface area contributed by atoms with Crippen LogP contribution in [0.2, 0.25) is 0 Å². The molecule has 0 saturated carbocycles. The van der Waals surface area contributed by atoms with Crippen LogP contribution in [0.15, 0.2) is 41.3 Å². The zero-order valence-electron chi connectivity index (χ0n) is 19.7. The molecule has 1 fully saturated rings. The highest BCUT2D eigenvalue weighted by molar-refractivity contribution is 7.89. The number of piperidine rings is 1. The Morgan fingerprint density at radius 2 is 1.92 bits per heavy atom. The molecule has 12 heteroatoms. The molecule has 2 aliphatic rings. The summed E-state index contributed by atoms with van der Waals surface area (Å²) in [5, 5.41) is 15.3. The molecular weight excluding hydrogens is 504 g/mol. The minimum Gasteiger partial charge on any atom is -0.480 e. The van der Waals surface area contributed by atoms with Gasteiger partial charge in [0.2, 0.25) is 10.0 Å². The lowest BCUT2D eigenvalue weighted by atomic mass is 9.94. The van der Waals surface area contributed by atoms with Crippen molar-refractivity contribution in [2.24, 2.45) is 5.92 Å². The lowest BCUT2D eigenvalue weighted by molar-refractivity contribution is -0.138. The molecule has 1 aromatic heterocycles. The highest BCUT2D eigenvalue weighted by Gasteiger charge is 2.30. The number of hydrogen-bond donors (Lipinski definition) is 4. The van der Waals surface area contributed by atoms with Crippen LogP contribution < -0.4 is 15.4 Å². The van der Waals surface area contributed by atoms with Crippen molar-refractivity contribution in [2.75, 3.05) is 32.7 Å². The highest BCUT2D eigenvalue weighted by atomic mass is 32.2. The number of nitrogens with zero attached hydrogens (tertiary/aromatic N) is 1. The molecule has 0 unspecified atom stereocenters. The number of carbonyl (C=O) groups excluding carboxylic acids is 2. The number of nitrogens with one attached hydrogen (secondary N) is 3. The molecule has 0 aliphatic carbocycles. The van der Waals surface area contributed by atoms with Gasteiger partial charge in [-0.1, -0.05) is 18.2 Å². The Kier molecular flexibility index (Phi) is 8.39. The molecule has 0 bridgehead atoms. The average Bonchev–Trinajstić information content (AvgIpc) is 3.32. The summed E-state index contributed by atoms with van der Waals surface area (Å²) in [6.07, 6.45) is 3.87. The fourth-order valence-corrected chi connectivity index (χ4v) is 6.72. The summed E-state index contributed by atoms with van der Waals surface area (Å²) in [6, 6.07) is 7.40. The van der Waals surface area contributed by atoms with Crippen LogP contribution in [0.4, 0.5) is 0 Å². The van der Waals surface area contributed by atoms with E-state index in [0.717, 1.165) is 37.2 Å². The molecule has 1 atom stereocenters. The van der Waals surface area contributed by atoms with E-state index in [0.29, 0.717) is 35.9 Å². The minimum absolute atomic E-state index is 0.0725. The zero-order chi connectivity index (χ0) is 25.7. The first kappa shape index (κ1) is 26.3. The third kappa shape index (κ3) is 6.30. The molecule has 1 saturated heterocycles. The Bertz CT molecular complexity index is 1210. The first-order valence-electron chi connectivity index (χ1n) is 12.0. The van der Waals surface area contributed by atoms with E-state index in [1.165, 1.54) is 35.6 Å². The summed E-state index contributed by atoms with van der Waals surface area (Å²) in [5.74, 6) is -1.43. The van der Waals surface area contributed by atoms with E-state index in [1.54, 1.807) is 12.1 Å². The third-order valence-electron chi connectivity index (χ3n) is 6.54. The number of carbonyl (C=O) groups is 3. The van der Waals surface area contributed by atoms with Crippen LogP contribution >= 0.6 is 11.3 Å². The van der Waals surface area contributed by atoms with Crippen LogP contribution in [0.25, 0.3) is 0 Å². The van der Waals surface area contributed by atoms with Gasteiger partial charge in [0.05, 0.1) is 15.3 Å². The molecule has 2 amide bonds. The van der Waals surface area contributed by atoms with E-state index in [9.17, 15) is 27.9 Å². The zero-order valence-corrected chi connectivity index (χ0v) is 21.4. The number of hydrogen-bond acceptors (Lipinski definition) is 7. The van der Waals surface area contributed by atoms with Gasteiger partial charge in [-0.15, -0.1) is 11.3 Å². The second kappa shape index (κ2) is 11.5. The van der Waals surface area contributed by atoms with E-state index in [-0.39, 0.29) is 10.8 Å². The minimum atomic E-state index is -4.08. The van der Waals surface area contributed by atoms with Crippen LogP contribution in [0.5, 0.6) is 0 Å². The van der Waals surface area contributed by atoms with E-state index < -0.39 is 34.5 Å². The average molecular weight is 535 g/mol. The van der Waals surface area contributed by atoms with Crippen LogP contribution in [0.1, 0.15) is 44.2 Å². The predicted molar refractivity (Wildman–Crippen MR) is 135 cm³/mol. The van der Waals surface area contributed by atoms with Crippen LogP contribution in [0.3, 0.4) is 0 Å². The number of rotatable bonds is 10. The molecule has 0 spiro atoms. The maximum absolute atomic E-state index is 13.0. The highest BCUT2D eigenvalue weighted by Crippen LogP contribution is 2.29. The van der Waals surface area contributed by atoms with Gasteiger partial charge in [0.1, 0.15) is 6.04 Å². The van der Waals surface area contributed by atoms with Crippen molar-refractivity contribution < 1.29 is 27.9 Å². The second-order valence-electron chi connectivity index (χ2n) is 9.01. The maximum Gasteiger partial charge on any atom is 0.323 e. The number of carboxylic acid groups (broad SMARTS) is 1. The van der Waals surface area contributed by atoms with Crippen molar-refractivity contribution in [3.63, 3.8) is 0 Å². The lowest BCUT2D eigenvalue weighted by Gasteiger charge is -2.29. The fourth-order valence-electron chi connectivity index (χ4n) is 4.45. The number of aliphatic carboxylic acids is 1. The molecule has 2 aliphatic heterocycles. The molecular formula is C24H30N4O6S2. The van der Waals surface area contributed by atoms with Crippen molar-refractivity contribution in [3.8, 4) is 0 Å². The molecule has 4 rings (SSSR count). The Morgan fingerprint density at radius 3 is 2.61 bits per heavy atom. The Hall–Kier alpha value is -2.80. The van der Waals surface area contributed by atoms with Gasteiger partial charge in [-0.2, -0.15) is 4.72 Å². The van der Waals surface area contributed by atoms with Crippen molar-refractivity contribution >= 4 is 39.1 Å². The molecule has 10 nitrogen and oxygen atoms in total. The lowest BCUT2D eigenvalue weighted by Crippen LogP contribution is -2.48. The fraction of sp³-hybridized carbons (Fsp3) is 0.458. The first-order valence-corrected chi connectivity index (χ1v) is 14.3. The quantitative estimate of drug-likeness (QED) is 0.360. The van der Waals surface area contributed by atoms with Gasteiger partial charge >= 0.3 is 5.97 Å². The van der Waals surface area contributed by atoms with Gasteiger partial charge in [0.15, 0.2) is 0 Å². The maximum atomic E-state index is 13.0. The molecule has 1 aromatic carbocycles. The van der Waals surface area contributed by atoms with Gasteiger partial charge in [-0.25, -0.2) is 8.42 Å². The van der Waals surface area contributed by atoms with Gasteiger partial charge in [0.25, 0.3) is 11.8 Å². The van der Waals surface area contributed by atoms with Gasteiger partial charge in [0, 0.05) is 30.9 Å². The number of sulfonamides is 1. The van der Waals surface area contributed by atoms with Crippen LogP contribution in [-0.4, -0.2) is 75.0 Å². The first-order chi connectivity index (χ1) is 17.2. The van der Waals surface area contributed by atoms with Crippen molar-refractivity contribution in [3.05, 3.63) is 51.7 Å². The third-order valence-corrected chi connectivity index (χ3v) is 9.22. The normalized spacial score (nSPS) is 17.4. The summed E-state index contributed by atoms with van der Waals surface area (Å²) < 4.78 is 27.1. The van der Waals surface area contributed by atoms with E-state index in [2.05, 4.69) is 15.4 Å². The SMILES string of the molecule is O=C(NC[C@@H](NS(=O)(=O)c1ccccc1)C(=O)O)c1cc2c(s1)CCN(CCC1CCNCC1)C2=O.